The van der Waals surface area contributed by atoms with Gasteiger partial charge in [-0.15, -0.1) is 0 Å². The molecule has 3 rings (SSSR count). The Morgan fingerprint density at radius 1 is 0.967 bits per heavy atom. The topological polar surface area (TPSA) is 129 Å². The molecule has 10 nitrogen and oxygen atoms in total. The first kappa shape index (κ1) is 23.9. The van der Waals surface area contributed by atoms with Gasteiger partial charge in [0.15, 0.2) is 9.84 Å². The van der Waals surface area contributed by atoms with Crippen molar-refractivity contribution in [3.05, 3.63) is 0 Å². The SMILES string of the molecule is CCCS(=O)(=O)N1CCCCC1C(=O)N1CCN(S(=O)(=O)C2CCS(=O)(=O)C2)CC1. The van der Waals surface area contributed by atoms with Crippen LogP contribution in [0.2, 0.25) is 0 Å². The Morgan fingerprint density at radius 2 is 1.63 bits per heavy atom. The van der Waals surface area contributed by atoms with Gasteiger partial charge in [0.2, 0.25) is 26.0 Å². The fourth-order valence-electron chi connectivity index (χ4n) is 4.44. The zero-order valence-corrected chi connectivity index (χ0v) is 19.7. The molecule has 2 atom stereocenters. The van der Waals surface area contributed by atoms with Crippen LogP contribution in [0.5, 0.6) is 0 Å². The van der Waals surface area contributed by atoms with E-state index in [-0.39, 0.29) is 55.8 Å². The van der Waals surface area contributed by atoms with E-state index in [9.17, 15) is 30.0 Å². The predicted molar refractivity (Wildman–Crippen MR) is 113 cm³/mol. The number of sulfonamides is 2. The van der Waals surface area contributed by atoms with Crippen LogP contribution in [0.15, 0.2) is 0 Å². The molecule has 3 aliphatic rings. The third kappa shape index (κ3) is 5.00. The number of sulfone groups is 1. The van der Waals surface area contributed by atoms with Crippen LogP contribution in [-0.4, -0.2) is 106 Å². The smallest absolute Gasteiger partial charge is 0.241 e. The van der Waals surface area contributed by atoms with Crippen molar-refractivity contribution in [1.82, 2.24) is 13.5 Å². The van der Waals surface area contributed by atoms with Gasteiger partial charge in [0.25, 0.3) is 0 Å². The summed E-state index contributed by atoms with van der Waals surface area (Å²) < 4.78 is 76.6. The van der Waals surface area contributed by atoms with Crippen LogP contribution >= 0.6 is 0 Å². The van der Waals surface area contributed by atoms with E-state index in [1.165, 1.54) is 8.61 Å². The van der Waals surface area contributed by atoms with E-state index in [0.29, 0.717) is 19.4 Å². The van der Waals surface area contributed by atoms with E-state index >= 15 is 0 Å². The third-order valence-corrected chi connectivity index (χ3v) is 12.5. The lowest BCUT2D eigenvalue weighted by Gasteiger charge is -2.40. The summed E-state index contributed by atoms with van der Waals surface area (Å²) in [5.41, 5.74) is 0. The van der Waals surface area contributed by atoms with Crippen LogP contribution in [0.25, 0.3) is 0 Å². The van der Waals surface area contributed by atoms with Gasteiger partial charge in [-0.05, 0) is 25.7 Å². The molecule has 0 saturated carbocycles. The second-order valence-electron chi connectivity index (χ2n) is 8.23. The minimum Gasteiger partial charge on any atom is -0.339 e. The number of nitrogens with zero attached hydrogens (tertiary/aromatic N) is 3. The molecule has 2 unspecified atom stereocenters. The second-order valence-corrected chi connectivity index (χ2v) is 14.7. The Morgan fingerprint density at radius 3 is 2.20 bits per heavy atom. The first-order valence-electron chi connectivity index (χ1n) is 10.5. The van der Waals surface area contributed by atoms with Gasteiger partial charge in [0, 0.05) is 32.7 Å². The normalized spacial score (nSPS) is 29.2. The molecule has 3 fully saturated rings. The van der Waals surface area contributed by atoms with Crippen molar-refractivity contribution in [1.29, 1.82) is 0 Å². The van der Waals surface area contributed by atoms with E-state index in [4.69, 9.17) is 0 Å². The van der Waals surface area contributed by atoms with E-state index in [1.807, 2.05) is 0 Å². The van der Waals surface area contributed by atoms with Gasteiger partial charge >= 0.3 is 0 Å². The Kier molecular flexibility index (Phi) is 7.17. The van der Waals surface area contributed by atoms with Gasteiger partial charge in [0.1, 0.15) is 6.04 Å². The van der Waals surface area contributed by atoms with Gasteiger partial charge in [-0.3, -0.25) is 4.79 Å². The summed E-state index contributed by atoms with van der Waals surface area (Å²) in [6.45, 7) is 2.67. The molecule has 0 aromatic carbocycles. The molecule has 0 radical (unpaired) electrons. The summed E-state index contributed by atoms with van der Waals surface area (Å²) in [4.78, 5) is 14.6. The number of carbonyl (C=O) groups excluding carboxylic acids is 1. The summed E-state index contributed by atoms with van der Waals surface area (Å²) in [6, 6.07) is -0.724. The first-order valence-corrected chi connectivity index (χ1v) is 15.4. The van der Waals surface area contributed by atoms with Crippen LogP contribution in [0.1, 0.15) is 39.0 Å². The first-order chi connectivity index (χ1) is 14.0. The minimum absolute atomic E-state index is 0.00704. The van der Waals surface area contributed by atoms with Crippen molar-refractivity contribution in [3.63, 3.8) is 0 Å². The predicted octanol–water partition coefficient (Wildman–Crippen LogP) is -0.758. The standard InChI is InChI=1S/C17H31N3O7S3/c1-2-12-29(24,25)20-7-4-3-5-16(20)17(21)18-8-10-19(11-9-18)30(26,27)15-6-13-28(22,23)14-15/h15-16H,2-14H2,1H3. The largest absolute Gasteiger partial charge is 0.339 e. The maximum Gasteiger partial charge on any atom is 0.241 e. The van der Waals surface area contributed by atoms with Crippen molar-refractivity contribution < 1.29 is 30.0 Å². The minimum atomic E-state index is -3.74. The van der Waals surface area contributed by atoms with Crippen LogP contribution in [0.4, 0.5) is 0 Å². The molecule has 3 aliphatic heterocycles. The number of piperazine rings is 1. The molecule has 174 valence electrons. The van der Waals surface area contributed by atoms with E-state index in [1.54, 1.807) is 11.8 Å². The maximum atomic E-state index is 13.1. The fourth-order valence-corrected chi connectivity index (χ4v) is 10.7. The molecule has 0 N–H and O–H groups in total. The van der Waals surface area contributed by atoms with Crippen molar-refractivity contribution in [2.45, 2.75) is 50.3 Å². The zero-order chi connectivity index (χ0) is 22.2. The number of hydrogen-bond acceptors (Lipinski definition) is 7. The van der Waals surface area contributed by atoms with Gasteiger partial charge in [0.05, 0.1) is 22.5 Å². The summed E-state index contributed by atoms with van der Waals surface area (Å²) >= 11 is 0. The molecule has 13 heteroatoms. The van der Waals surface area contributed by atoms with Crippen molar-refractivity contribution in [2.75, 3.05) is 50.0 Å². The second kappa shape index (κ2) is 9.00. The van der Waals surface area contributed by atoms with Crippen LogP contribution in [-0.2, 0) is 34.7 Å². The lowest BCUT2D eigenvalue weighted by molar-refractivity contribution is -0.137. The average Bonchev–Trinajstić information content (AvgIpc) is 3.08. The molecule has 1 amide bonds. The van der Waals surface area contributed by atoms with E-state index in [0.717, 1.165) is 12.8 Å². The quantitative estimate of drug-likeness (QED) is 0.484. The Bertz CT molecular complexity index is 955. The molecular weight excluding hydrogens is 454 g/mol. The van der Waals surface area contributed by atoms with Crippen LogP contribution < -0.4 is 0 Å². The summed E-state index contributed by atoms with van der Waals surface area (Å²) in [5, 5.41) is -0.919. The monoisotopic (exact) mass is 485 g/mol. The van der Waals surface area contributed by atoms with Crippen molar-refractivity contribution in [2.24, 2.45) is 0 Å². The number of hydrogen-bond donors (Lipinski definition) is 0. The summed E-state index contributed by atoms with van der Waals surface area (Å²) in [7, 11) is -10.6. The zero-order valence-electron chi connectivity index (χ0n) is 17.3. The number of carbonyl (C=O) groups is 1. The molecule has 0 spiro atoms. The lowest BCUT2D eigenvalue weighted by atomic mass is 10.0. The molecule has 30 heavy (non-hydrogen) atoms. The number of amides is 1. The highest BCUT2D eigenvalue weighted by Crippen LogP contribution is 2.26. The Labute approximate surface area is 179 Å². The van der Waals surface area contributed by atoms with Crippen molar-refractivity contribution in [3.8, 4) is 0 Å². The van der Waals surface area contributed by atoms with Gasteiger partial charge in [-0.25, -0.2) is 25.3 Å². The van der Waals surface area contributed by atoms with E-state index in [2.05, 4.69) is 0 Å². The molecule has 0 aliphatic carbocycles. The Balaban J connectivity index is 1.64. The number of rotatable bonds is 6. The molecule has 3 heterocycles. The van der Waals surface area contributed by atoms with Crippen LogP contribution in [0, 0.1) is 0 Å². The summed E-state index contributed by atoms with van der Waals surface area (Å²) in [5.74, 6) is -0.720. The highest BCUT2D eigenvalue weighted by Gasteiger charge is 2.43. The molecule has 0 aromatic rings. The lowest BCUT2D eigenvalue weighted by Crippen LogP contribution is -2.58. The van der Waals surface area contributed by atoms with Crippen LogP contribution in [0.3, 0.4) is 0 Å². The van der Waals surface area contributed by atoms with Crippen molar-refractivity contribution >= 4 is 35.8 Å². The van der Waals surface area contributed by atoms with Gasteiger partial charge < -0.3 is 4.90 Å². The highest BCUT2D eigenvalue weighted by atomic mass is 32.2. The summed E-state index contributed by atoms with van der Waals surface area (Å²) in [6.07, 6.45) is 2.56. The molecular formula is C17H31N3O7S3. The molecule has 0 bridgehead atoms. The number of piperidine rings is 1. The maximum absolute atomic E-state index is 13.1. The Hall–Kier alpha value is -0.760. The fraction of sp³-hybridized carbons (Fsp3) is 0.941. The molecule has 3 saturated heterocycles. The third-order valence-electron chi connectivity index (χ3n) is 6.08. The highest BCUT2D eigenvalue weighted by molar-refractivity contribution is 7.95. The van der Waals surface area contributed by atoms with Gasteiger partial charge in [-0.2, -0.15) is 8.61 Å². The molecule has 0 aromatic heterocycles. The average molecular weight is 486 g/mol. The van der Waals surface area contributed by atoms with Gasteiger partial charge in [-0.1, -0.05) is 13.3 Å². The van der Waals surface area contributed by atoms with E-state index < -0.39 is 41.2 Å².